The summed E-state index contributed by atoms with van der Waals surface area (Å²) in [6.45, 7) is 0. The van der Waals surface area contributed by atoms with Crippen LogP contribution in [0, 0.1) is 17.5 Å². The van der Waals surface area contributed by atoms with Gasteiger partial charge in [-0.1, -0.05) is 24.3 Å². The van der Waals surface area contributed by atoms with Gasteiger partial charge in [-0.3, -0.25) is 0 Å². The number of halogens is 3. The van der Waals surface area contributed by atoms with E-state index >= 15 is 0 Å². The number of H-pyrrole nitrogens is 1. The largest absolute Gasteiger partial charge is 0.338 e. The average Bonchev–Trinajstić information content (AvgIpc) is 3.11. The number of nitrogens with two attached hydrogens (primary N) is 1. The maximum absolute atomic E-state index is 13.8. The molecule has 0 atom stereocenters. The normalized spacial score (nSPS) is 12.1. The molecule has 5 nitrogen and oxygen atoms in total. The highest BCUT2D eigenvalue weighted by molar-refractivity contribution is 7.89. The molecule has 0 fully saturated rings. The summed E-state index contributed by atoms with van der Waals surface area (Å²) >= 11 is 0. The van der Waals surface area contributed by atoms with Crippen LogP contribution in [-0.2, 0) is 10.0 Å². The molecule has 30 heavy (non-hydrogen) atoms. The second kappa shape index (κ2) is 7.43. The number of nitrogens with one attached hydrogen (secondary N) is 1. The summed E-state index contributed by atoms with van der Waals surface area (Å²) in [5.74, 6) is -2.96. The van der Waals surface area contributed by atoms with Crippen LogP contribution >= 0.6 is 0 Å². The van der Waals surface area contributed by atoms with Crippen molar-refractivity contribution in [3.63, 3.8) is 0 Å². The molecule has 3 aromatic carbocycles. The fraction of sp³-hybridized carbons (Fsp3) is 0. The van der Waals surface area contributed by atoms with E-state index in [4.69, 9.17) is 5.14 Å². The second-order valence-corrected chi connectivity index (χ2v) is 8.05. The summed E-state index contributed by atoms with van der Waals surface area (Å²) in [6.07, 6.45) is 2.69. The fourth-order valence-corrected chi connectivity index (χ4v) is 3.82. The van der Waals surface area contributed by atoms with Crippen molar-refractivity contribution >= 4 is 33.2 Å². The minimum Gasteiger partial charge on any atom is -0.338 e. The molecule has 4 rings (SSSR count). The lowest BCUT2D eigenvalue weighted by atomic mass is 10.1. The molecule has 0 unspecified atom stereocenters. The first-order valence-electron chi connectivity index (χ1n) is 8.67. The summed E-state index contributed by atoms with van der Waals surface area (Å²) < 4.78 is 63.8. The van der Waals surface area contributed by atoms with Crippen LogP contribution in [0.1, 0.15) is 11.4 Å². The molecule has 0 aliphatic rings. The number of fused-ring (bicyclic) bond motifs is 1. The van der Waals surface area contributed by atoms with E-state index in [-0.39, 0.29) is 10.5 Å². The predicted octanol–water partition coefficient (Wildman–Crippen LogP) is 4.47. The Kier molecular flexibility index (Phi) is 4.92. The Morgan fingerprint density at radius 3 is 2.40 bits per heavy atom. The second-order valence-electron chi connectivity index (χ2n) is 6.52. The van der Waals surface area contributed by atoms with Crippen molar-refractivity contribution in [2.75, 3.05) is 0 Å². The van der Waals surface area contributed by atoms with Crippen molar-refractivity contribution in [1.29, 1.82) is 0 Å². The predicted molar refractivity (Wildman–Crippen MR) is 108 cm³/mol. The van der Waals surface area contributed by atoms with Crippen molar-refractivity contribution in [1.82, 2.24) is 9.97 Å². The van der Waals surface area contributed by atoms with E-state index in [1.807, 2.05) is 0 Å². The molecule has 0 saturated heterocycles. The van der Waals surface area contributed by atoms with Crippen LogP contribution < -0.4 is 5.14 Å². The number of primary sulfonamides is 1. The average molecular weight is 429 g/mol. The van der Waals surface area contributed by atoms with Crippen LogP contribution in [0.25, 0.3) is 34.3 Å². The monoisotopic (exact) mass is 429 g/mol. The third-order valence-electron chi connectivity index (χ3n) is 4.47. The molecular formula is C21H14F3N3O2S. The van der Waals surface area contributed by atoms with Crippen LogP contribution in [0.3, 0.4) is 0 Å². The Bertz CT molecular complexity index is 1410. The van der Waals surface area contributed by atoms with Crippen LogP contribution in [0.5, 0.6) is 0 Å². The Labute approximate surface area is 169 Å². The lowest BCUT2D eigenvalue weighted by Crippen LogP contribution is -2.13. The molecule has 0 saturated carbocycles. The molecule has 1 heterocycles. The molecule has 0 spiro atoms. The lowest BCUT2D eigenvalue weighted by Gasteiger charge is -2.07. The van der Waals surface area contributed by atoms with E-state index in [2.05, 4.69) is 9.97 Å². The zero-order valence-corrected chi connectivity index (χ0v) is 16.1. The van der Waals surface area contributed by atoms with Gasteiger partial charge in [0.15, 0.2) is 11.6 Å². The first kappa shape index (κ1) is 19.9. The number of sulfonamides is 1. The van der Waals surface area contributed by atoms with Gasteiger partial charge in [0.25, 0.3) is 0 Å². The standard InChI is InChI=1S/C21H14F3N3O2S/c22-15-11-17(24)16(23)9-13(15)6-8-21-26-18-7-5-12(10-19(18)27-21)14-3-1-2-4-20(14)30(25,28)29/h1-11H,(H,26,27)(H2,25,28,29). The van der Waals surface area contributed by atoms with E-state index in [0.717, 1.165) is 6.07 Å². The zero-order valence-electron chi connectivity index (χ0n) is 15.2. The van der Waals surface area contributed by atoms with Gasteiger partial charge in [0.05, 0.1) is 15.9 Å². The first-order chi connectivity index (χ1) is 14.2. The zero-order chi connectivity index (χ0) is 21.5. The molecule has 0 aliphatic carbocycles. The minimum absolute atomic E-state index is 0.00573. The third kappa shape index (κ3) is 3.85. The smallest absolute Gasteiger partial charge is 0.238 e. The Balaban J connectivity index is 1.72. The number of nitrogens with zero attached hydrogens (tertiary/aromatic N) is 1. The van der Waals surface area contributed by atoms with E-state index in [0.29, 0.717) is 34.1 Å². The first-order valence-corrected chi connectivity index (χ1v) is 10.2. The number of aromatic amines is 1. The molecule has 152 valence electrons. The lowest BCUT2D eigenvalue weighted by molar-refractivity contribution is 0.494. The van der Waals surface area contributed by atoms with Crippen molar-refractivity contribution in [3.05, 3.63) is 83.4 Å². The van der Waals surface area contributed by atoms with Gasteiger partial charge < -0.3 is 4.98 Å². The van der Waals surface area contributed by atoms with Gasteiger partial charge in [0.1, 0.15) is 11.6 Å². The summed E-state index contributed by atoms with van der Waals surface area (Å²) in [6, 6.07) is 12.7. The Hall–Kier alpha value is -3.43. The maximum atomic E-state index is 13.8. The number of hydrogen-bond acceptors (Lipinski definition) is 3. The highest BCUT2D eigenvalue weighted by atomic mass is 32.2. The van der Waals surface area contributed by atoms with Crippen LogP contribution in [0.4, 0.5) is 13.2 Å². The Morgan fingerprint density at radius 1 is 0.900 bits per heavy atom. The minimum atomic E-state index is -3.91. The molecule has 0 aliphatic heterocycles. The molecule has 9 heteroatoms. The fourth-order valence-electron chi connectivity index (χ4n) is 3.06. The molecule has 1 aromatic heterocycles. The molecule has 0 bridgehead atoms. The van der Waals surface area contributed by atoms with Crippen LogP contribution in [0.2, 0.25) is 0 Å². The number of benzene rings is 3. The van der Waals surface area contributed by atoms with Gasteiger partial charge in [-0.15, -0.1) is 0 Å². The number of rotatable bonds is 4. The van der Waals surface area contributed by atoms with E-state index in [9.17, 15) is 21.6 Å². The highest BCUT2D eigenvalue weighted by Gasteiger charge is 2.15. The summed E-state index contributed by atoms with van der Waals surface area (Å²) in [4.78, 5) is 7.36. The number of hydrogen-bond donors (Lipinski definition) is 2. The third-order valence-corrected chi connectivity index (χ3v) is 5.44. The molecular weight excluding hydrogens is 415 g/mol. The SMILES string of the molecule is NS(=O)(=O)c1ccccc1-c1ccc2[nH]c(C=Cc3cc(F)c(F)cc3F)nc2c1. The van der Waals surface area contributed by atoms with Gasteiger partial charge in [-0.25, -0.2) is 31.7 Å². The van der Waals surface area contributed by atoms with E-state index in [1.54, 1.807) is 36.4 Å². The highest BCUT2D eigenvalue weighted by Crippen LogP contribution is 2.29. The van der Waals surface area contributed by atoms with Crippen molar-refractivity contribution in [2.45, 2.75) is 4.90 Å². The van der Waals surface area contributed by atoms with Crippen LogP contribution in [-0.4, -0.2) is 18.4 Å². The molecule has 0 radical (unpaired) electrons. The maximum Gasteiger partial charge on any atom is 0.238 e. The van der Waals surface area contributed by atoms with Gasteiger partial charge >= 0.3 is 0 Å². The molecule has 4 aromatic rings. The van der Waals surface area contributed by atoms with Gasteiger partial charge in [0, 0.05) is 17.2 Å². The molecule has 3 N–H and O–H groups in total. The van der Waals surface area contributed by atoms with Crippen molar-refractivity contribution in [2.24, 2.45) is 5.14 Å². The summed E-state index contributed by atoms with van der Waals surface area (Å²) in [7, 11) is -3.91. The summed E-state index contributed by atoms with van der Waals surface area (Å²) in [5.41, 5.74) is 2.09. The van der Waals surface area contributed by atoms with Crippen molar-refractivity contribution < 1.29 is 21.6 Å². The number of imidazole rings is 1. The topological polar surface area (TPSA) is 88.8 Å². The van der Waals surface area contributed by atoms with Gasteiger partial charge in [-0.2, -0.15) is 0 Å². The van der Waals surface area contributed by atoms with Crippen LogP contribution in [0.15, 0.2) is 59.5 Å². The number of aromatic nitrogens is 2. The molecule has 0 amide bonds. The quantitative estimate of drug-likeness (QED) is 0.469. The van der Waals surface area contributed by atoms with E-state index < -0.39 is 27.5 Å². The van der Waals surface area contributed by atoms with Gasteiger partial charge in [-0.05, 0) is 42.0 Å². The van der Waals surface area contributed by atoms with Crippen molar-refractivity contribution in [3.8, 4) is 11.1 Å². The Morgan fingerprint density at radius 2 is 1.63 bits per heavy atom. The summed E-state index contributed by atoms with van der Waals surface area (Å²) in [5, 5.41) is 5.30. The van der Waals surface area contributed by atoms with Gasteiger partial charge in [0.2, 0.25) is 10.0 Å². The van der Waals surface area contributed by atoms with E-state index in [1.165, 1.54) is 18.2 Å².